The zero-order valence-corrected chi connectivity index (χ0v) is 11.3. The van der Waals surface area contributed by atoms with Gasteiger partial charge in [-0.1, -0.05) is 19.9 Å². The summed E-state index contributed by atoms with van der Waals surface area (Å²) in [5.74, 6) is 1.68. The molecule has 0 unspecified atom stereocenters. The van der Waals surface area contributed by atoms with Gasteiger partial charge in [-0.05, 0) is 38.1 Å². The number of anilines is 1. The second-order valence-electron chi connectivity index (χ2n) is 5.46. The van der Waals surface area contributed by atoms with Gasteiger partial charge >= 0.3 is 0 Å². The number of nitrogens with zero attached hydrogens (tertiary/aromatic N) is 3. The Labute approximate surface area is 104 Å². The molecule has 1 saturated heterocycles. The molecule has 0 spiro atoms. The van der Waals surface area contributed by atoms with Crippen LogP contribution in [0.15, 0.2) is 18.3 Å². The molecule has 0 N–H and O–H groups in total. The quantitative estimate of drug-likeness (QED) is 0.799. The fourth-order valence-corrected chi connectivity index (χ4v) is 2.30. The van der Waals surface area contributed by atoms with Crippen molar-refractivity contribution in [3.63, 3.8) is 0 Å². The lowest BCUT2D eigenvalue weighted by molar-refractivity contribution is 0.315. The normalized spacial score (nSPS) is 20.6. The van der Waals surface area contributed by atoms with E-state index >= 15 is 0 Å². The second-order valence-corrected chi connectivity index (χ2v) is 5.46. The van der Waals surface area contributed by atoms with Gasteiger partial charge in [-0.15, -0.1) is 0 Å². The maximum Gasteiger partial charge on any atom is 0.128 e. The molecule has 1 aliphatic rings. The van der Waals surface area contributed by atoms with Crippen molar-refractivity contribution in [2.75, 3.05) is 32.1 Å². The molecule has 2 heterocycles. The Hall–Kier alpha value is -1.09. The minimum absolute atomic E-state index is 0.560. The molecule has 1 aliphatic heterocycles. The minimum Gasteiger partial charge on any atom is -0.355 e. The van der Waals surface area contributed by atoms with Crippen molar-refractivity contribution in [1.82, 2.24) is 9.88 Å². The van der Waals surface area contributed by atoms with Crippen LogP contribution in [0, 0.1) is 0 Å². The van der Waals surface area contributed by atoms with Gasteiger partial charge in [0.1, 0.15) is 5.82 Å². The third-order valence-corrected chi connectivity index (χ3v) is 3.66. The Morgan fingerprint density at radius 1 is 1.35 bits per heavy atom. The van der Waals surface area contributed by atoms with E-state index < -0.39 is 0 Å². The van der Waals surface area contributed by atoms with Crippen LogP contribution in [0.25, 0.3) is 0 Å². The molecule has 0 radical (unpaired) electrons. The largest absolute Gasteiger partial charge is 0.355 e. The van der Waals surface area contributed by atoms with E-state index in [2.05, 4.69) is 54.9 Å². The average molecular weight is 233 g/mol. The third kappa shape index (κ3) is 2.78. The van der Waals surface area contributed by atoms with Crippen LogP contribution in [0.5, 0.6) is 0 Å². The Kier molecular flexibility index (Phi) is 3.67. The van der Waals surface area contributed by atoms with Crippen molar-refractivity contribution in [2.24, 2.45) is 0 Å². The molecule has 0 amide bonds. The summed E-state index contributed by atoms with van der Waals surface area (Å²) in [6.07, 6.45) is 3.25. The van der Waals surface area contributed by atoms with Crippen LogP contribution in [-0.2, 0) is 0 Å². The highest BCUT2D eigenvalue weighted by Gasteiger charge is 2.24. The van der Waals surface area contributed by atoms with Crippen LogP contribution in [0.4, 0.5) is 5.82 Å². The molecule has 1 aromatic rings. The van der Waals surface area contributed by atoms with E-state index in [9.17, 15) is 0 Å². The summed E-state index contributed by atoms with van der Waals surface area (Å²) < 4.78 is 0. The lowest BCUT2D eigenvalue weighted by atomic mass is 10.1. The van der Waals surface area contributed by atoms with E-state index in [1.807, 2.05) is 6.20 Å². The van der Waals surface area contributed by atoms with Crippen LogP contribution < -0.4 is 4.90 Å². The van der Waals surface area contributed by atoms with Gasteiger partial charge in [0.05, 0.1) is 0 Å². The molecular weight excluding hydrogens is 210 g/mol. The van der Waals surface area contributed by atoms with Gasteiger partial charge in [0.2, 0.25) is 0 Å². The van der Waals surface area contributed by atoms with Crippen LogP contribution in [0.2, 0.25) is 0 Å². The number of rotatable bonds is 3. The van der Waals surface area contributed by atoms with Crippen LogP contribution >= 0.6 is 0 Å². The van der Waals surface area contributed by atoms with Crippen molar-refractivity contribution in [3.05, 3.63) is 23.9 Å². The SMILES string of the molecule is CC(C)c1ccc(N2CC[C@@H](N(C)C)C2)nc1. The van der Waals surface area contributed by atoms with E-state index in [0.717, 1.165) is 18.9 Å². The maximum absolute atomic E-state index is 4.58. The molecular formula is C14H23N3. The molecule has 2 rings (SSSR count). The van der Waals surface area contributed by atoms with Gasteiger partial charge < -0.3 is 9.80 Å². The van der Waals surface area contributed by atoms with Crippen LogP contribution in [0.3, 0.4) is 0 Å². The lowest BCUT2D eigenvalue weighted by Gasteiger charge is -2.21. The average Bonchev–Trinajstić information content (AvgIpc) is 2.78. The standard InChI is InChI=1S/C14H23N3/c1-11(2)12-5-6-14(15-9-12)17-8-7-13(10-17)16(3)4/h5-6,9,11,13H,7-8,10H2,1-4H3/t13-/m1/s1. The molecule has 94 valence electrons. The summed E-state index contributed by atoms with van der Waals surface area (Å²) >= 11 is 0. The molecule has 3 nitrogen and oxygen atoms in total. The van der Waals surface area contributed by atoms with Gasteiger partial charge in [-0.2, -0.15) is 0 Å². The highest BCUT2D eigenvalue weighted by atomic mass is 15.3. The number of pyridine rings is 1. The molecule has 0 aliphatic carbocycles. The van der Waals surface area contributed by atoms with E-state index in [1.165, 1.54) is 12.0 Å². The first-order valence-corrected chi connectivity index (χ1v) is 6.45. The highest BCUT2D eigenvalue weighted by Crippen LogP contribution is 2.22. The molecule has 0 saturated carbocycles. The van der Waals surface area contributed by atoms with Gasteiger partial charge in [0, 0.05) is 25.3 Å². The smallest absolute Gasteiger partial charge is 0.128 e. The zero-order valence-electron chi connectivity index (χ0n) is 11.3. The Morgan fingerprint density at radius 2 is 2.12 bits per heavy atom. The topological polar surface area (TPSA) is 19.4 Å². The number of hydrogen-bond donors (Lipinski definition) is 0. The van der Waals surface area contributed by atoms with Crippen LogP contribution in [-0.4, -0.2) is 43.1 Å². The molecule has 17 heavy (non-hydrogen) atoms. The lowest BCUT2D eigenvalue weighted by Crippen LogP contribution is -2.31. The summed E-state index contributed by atoms with van der Waals surface area (Å²) in [6.45, 7) is 6.63. The molecule has 1 fully saturated rings. The van der Waals surface area contributed by atoms with Gasteiger partial charge in [0.25, 0.3) is 0 Å². The van der Waals surface area contributed by atoms with Crippen molar-refractivity contribution in [3.8, 4) is 0 Å². The predicted octanol–water partition coefficient (Wildman–Crippen LogP) is 2.35. The monoisotopic (exact) mass is 233 g/mol. The zero-order chi connectivity index (χ0) is 12.4. The van der Waals surface area contributed by atoms with Crippen molar-refractivity contribution < 1.29 is 0 Å². The Morgan fingerprint density at radius 3 is 2.59 bits per heavy atom. The highest BCUT2D eigenvalue weighted by molar-refractivity contribution is 5.41. The van der Waals surface area contributed by atoms with Gasteiger partial charge in [-0.25, -0.2) is 4.98 Å². The molecule has 1 atom stereocenters. The molecule has 0 bridgehead atoms. The van der Waals surface area contributed by atoms with E-state index in [4.69, 9.17) is 0 Å². The summed E-state index contributed by atoms with van der Waals surface area (Å²) in [7, 11) is 4.31. The fraction of sp³-hybridized carbons (Fsp3) is 0.643. The number of aromatic nitrogens is 1. The molecule has 3 heteroatoms. The van der Waals surface area contributed by atoms with E-state index in [0.29, 0.717) is 12.0 Å². The first-order valence-electron chi connectivity index (χ1n) is 6.45. The Balaban J connectivity index is 2.04. The minimum atomic E-state index is 0.560. The third-order valence-electron chi connectivity index (χ3n) is 3.66. The summed E-state index contributed by atoms with van der Waals surface area (Å²) in [5.41, 5.74) is 1.32. The summed E-state index contributed by atoms with van der Waals surface area (Å²) in [6, 6.07) is 5.03. The maximum atomic E-state index is 4.58. The van der Waals surface area contributed by atoms with E-state index in [1.54, 1.807) is 0 Å². The van der Waals surface area contributed by atoms with Crippen molar-refractivity contribution >= 4 is 5.82 Å². The fourth-order valence-electron chi connectivity index (χ4n) is 2.30. The molecule has 0 aromatic carbocycles. The molecule has 1 aromatic heterocycles. The summed E-state index contributed by atoms with van der Waals surface area (Å²) in [5, 5.41) is 0. The van der Waals surface area contributed by atoms with Gasteiger partial charge in [-0.3, -0.25) is 0 Å². The van der Waals surface area contributed by atoms with Crippen molar-refractivity contribution in [1.29, 1.82) is 0 Å². The Bertz CT molecular complexity index is 356. The first-order chi connectivity index (χ1) is 8.08. The first kappa shape index (κ1) is 12.4. The van der Waals surface area contributed by atoms with Crippen molar-refractivity contribution in [2.45, 2.75) is 32.2 Å². The second kappa shape index (κ2) is 5.05. The predicted molar refractivity (Wildman–Crippen MR) is 72.6 cm³/mol. The van der Waals surface area contributed by atoms with Gasteiger partial charge in [0.15, 0.2) is 0 Å². The number of likely N-dealkylation sites (N-methyl/N-ethyl adjacent to an activating group) is 1. The van der Waals surface area contributed by atoms with E-state index in [-0.39, 0.29) is 0 Å². The van der Waals surface area contributed by atoms with Crippen LogP contribution in [0.1, 0.15) is 31.7 Å². The summed E-state index contributed by atoms with van der Waals surface area (Å²) in [4.78, 5) is 9.27. The number of hydrogen-bond acceptors (Lipinski definition) is 3.